The van der Waals surface area contributed by atoms with Crippen molar-refractivity contribution in [1.82, 2.24) is 8.61 Å². The van der Waals surface area contributed by atoms with Crippen LogP contribution in [-0.2, 0) is 0 Å². The number of carbonyl (C=O) groups is 2. The number of ether oxygens (including phenoxy) is 1. The van der Waals surface area contributed by atoms with Crippen LogP contribution in [0.3, 0.4) is 0 Å². The third-order valence-corrected chi connectivity index (χ3v) is 5.54. The second-order valence-corrected chi connectivity index (χ2v) is 8.63. The van der Waals surface area contributed by atoms with Crippen LogP contribution in [0.2, 0.25) is 0 Å². The molecule has 1 unspecified atom stereocenters. The lowest BCUT2D eigenvalue weighted by atomic mass is 9.86. The van der Waals surface area contributed by atoms with E-state index in [1.165, 1.54) is 16.4 Å². The van der Waals surface area contributed by atoms with Crippen molar-refractivity contribution in [1.29, 1.82) is 0 Å². The van der Waals surface area contributed by atoms with E-state index in [2.05, 4.69) is 25.1 Å². The summed E-state index contributed by atoms with van der Waals surface area (Å²) in [6.07, 6.45) is 2.92. The van der Waals surface area contributed by atoms with Crippen molar-refractivity contribution in [3.8, 4) is 5.75 Å². The molecule has 0 aromatic heterocycles. The first-order valence-corrected chi connectivity index (χ1v) is 9.67. The Bertz CT molecular complexity index is 601. The van der Waals surface area contributed by atoms with Gasteiger partial charge in [-0.1, -0.05) is 20.8 Å². The molecule has 1 aromatic carbocycles. The van der Waals surface area contributed by atoms with Crippen LogP contribution in [0.1, 0.15) is 50.4 Å². The van der Waals surface area contributed by atoms with Gasteiger partial charge in [0.25, 0.3) is 0 Å². The molecule has 0 radical (unpaired) electrons. The van der Waals surface area contributed by atoms with Crippen LogP contribution >= 0.6 is 12.1 Å². The van der Waals surface area contributed by atoms with Crippen molar-refractivity contribution in [2.24, 2.45) is 5.41 Å². The summed E-state index contributed by atoms with van der Waals surface area (Å²) in [6, 6.07) is 7.09. The molecule has 0 bridgehead atoms. The van der Waals surface area contributed by atoms with E-state index in [1.54, 1.807) is 24.3 Å². The molecular formula is C19H28N2O4S. The number of unbranched alkanes of at least 4 members (excludes halogenated alkanes) is 2. The number of aldehydes is 1. The zero-order chi connectivity index (χ0) is 19.2. The highest BCUT2D eigenvalue weighted by Crippen LogP contribution is 2.37. The van der Waals surface area contributed by atoms with Gasteiger partial charge in [-0.2, -0.15) is 0 Å². The van der Waals surface area contributed by atoms with Crippen molar-refractivity contribution in [2.75, 3.05) is 19.7 Å². The number of carbonyl (C=O) groups excluding carboxylic acids is 1. The van der Waals surface area contributed by atoms with Crippen molar-refractivity contribution in [3.05, 3.63) is 29.8 Å². The predicted octanol–water partition coefficient (Wildman–Crippen LogP) is 4.32. The SMILES string of the molecule is CC(C)(C)C1CN(CCCCCOc2ccc(C=O)cc2)SN1C(=O)O. The van der Waals surface area contributed by atoms with E-state index < -0.39 is 6.09 Å². The van der Waals surface area contributed by atoms with Crippen LogP contribution in [-0.4, -0.2) is 51.8 Å². The van der Waals surface area contributed by atoms with E-state index in [0.29, 0.717) is 12.2 Å². The van der Waals surface area contributed by atoms with E-state index in [4.69, 9.17) is 4.74 Å². The molecule has 1 N–H and O–H groups in total. The summed E-state index contributed by atoms with van der Waals surface area (Å²) in [5.41, 5.74) is 0.567. The molecule has 2 rings (SSSR count). The third-order valence-electron chi connectivity index (χ3n) is 4.39. The van der Waals surface area contributed by atoms with Gasteiger partial charge in [-0.15, -0.1) is 0 Å². The standard InChI is InChI=1S/C19H28N2O4S/c1-19(2,3)17-13-20(26-21(17)18(23)24)11-5-4-6-12-25-16-9-7-15(14-22)8-10-16/h7-10,14,17H,4-6,11-13H2,1-3H3,(H,23,24). The molecule has 1 aliphatic heterocycles. The molecule has 1 aliphatic rings. The molecule has 144 valence electrons. The minimum Gasteiger partial charge on any atom is -0.494 e. The predicted molar refractivity (Wildman–Crippen MR) is 103 cm³/mol. The Balaban J connectivity index is 1.65. The van der Waals surface area contributed by atoms with Crippen LogP contribution < -0.4 is 4.74 Å². The Morgan fingerprint density at radius 1 is 1.27 bits per heavy atom. The second kappa shape index (κ2) is 9.28. The summed E-state index contributed by atoms with van der Waals surface area (Å²) in [4.78, 5) is 22.0. The monoisotopic (exact) mass is 380 g/mol. The maximum absolute atomic E-state index is 11.4. The van der Waals surface area contributed by atoms with Crippen LogP contribution in [0, 0.1) is 5.41 Å². The highest BCUT2D eigenvalue weighted by Gasteiger charge is 2.41. The van der Waals surface area contributed by atoms with E-state index >= 15 is 0 Å². The molecular weight excluding hydrogens is 352 g/mol. The summed E-state index contributed by atoms with van der Waals surface area (Å²) in [6.45, 7) is 8.51. The van der Waals surface area contributed by atoms with Gasteiger partial charge in [0.05, 0.1) is 12.6 Å². The van der Waals surface area contributed by atoms with Crippen molar-refractivity contribution >= 4 is 24.5 Å². The Kier molecular flexibility index (Phi) is 7.34. The number of nitrogens with zero attached hydrogens (tertiary/aromatic N) is 2. The number of benzene rings is 1. The second-order valence-electron chi connectivity index (χ2n) is 7.56. The van der Waals surface area contributed by atoms with Gasteiger partial charge in [0, 0.05) is 30.8 Å². The number of hydrogen-bond donors (Lipinski definition) is 1. The number of rotatable bonds is 8. The summed E-state index contributed by atoms with van der Waals surface area (Å²) in [5, 5.41) is 9.39. The summed E-state index contributed by atoms with van der Waals surface area (Å²) in [5.74, 6) is 0.774. The largest absolute Gasteiger partial charge is 0.494 e. The van der Waals surface area contributed by atoms with Gasteiger partial charge < -0.3 is 9.84 Å². The molecule has 1 atom stereocenters. The van der Waals surface area contributed by atoms with Gasteiger partial charge in [0.1, 0.15) is 12.0 Å². The molecule has 6 nitrogen and oxygen atoms in total. The van der Waals surface area contributed by atoms with Crippen LogP contribution in [0.5, 0.6) is 5.75 Å². The van der Waals surface area contributed by atoms with Gasteiger partial charge in [0.15, 0.2) is 0 Å². The molecule has 0 aliphatic carbocycles. The molecule has 0 spiro atoms. The summed E-state index contributed by atoms with van der Waals surface area (Å²) >= 11 is 1.33. The van der Waals surface area contributed by atoms with E-state index in [9.17, 15) is 14.7 Å². The molecule has 26 heavy (non-hydrogen) atoms. The molecule has 1 fully saturated rings. The zero-order valence-corrected chi connectivity index (χ0v) is 16.5. The Labute approximate surface area is 159 Å². The van der Waals surface area contributed by atoms with E-state index in [-0.39, 0.29) is 11.5 Å². The highest BCUT2D eigenvalue weighted by atomic mass is 32.2. The molecule has 1 heterocycles. The smallest absolute Gasteiger partial charge is 0.418 e. The average molecular weight is 381 g/mol. The lowest BCUT2D eigenvalue weighted by molar-refractivity contribution is 0.112. The Morgan fingerprint density at radius 2 is 1.96 bits per heavy atom. The van der Waals surface area contributed by atoms with Crippen LogP contribution in [0.4, 0.5) is 4.79 Å². The van der Waals surface area contributed by atoms with E-state index in [1.807, 2.05) is 0 Å². The first-order chi connectivity index (χ1) is 12.3. The number of amides is 1. The van der Waals surface area contributed by atoms with Crippen molar-refractivity contribution < 1.29 is 19.4 Å². The van der Waals surface area contributed by atoms with Crippen LogP contribution in [0.15, 0.2) is 24.3 Å². The maximum Gasteiger partial charge on any atom is 0.418 e. The Hall–Kier alpha value is -1.73. The van der Waals surface area contributed by atoms with Gasteiger partial charge in [-0.25, -0.2) is 13.4 Å². The fourth-order valence-corrected chi connectivity index (χ4v) is 4.04. The van der Waals surface area contributed by atoms with Crippen molar-refractivity contribution in [3.63, 3.8) is 0 Å². The van der Waals surface area contributed by atoms with Crippen LogP contribution in [0.25, 0.3) is 0 Å². The summed E-state index contributed by atoms with van der Waals surface area (Å²) < 4.78 is 9.29. The fraction of sp³-hybridized carbons (Fsp3) is 0.579. The highest BCUT2D eigenvalue weighted by molar-refractivity contribution is 7.95. The third kappa shape index (κ3) is 5.92. The first-order valence-electron chi connectivity index (χ1n) is 8.94. The normalized spacial score (nSPS) is 18.1. The lowest BCUT2D eigenvalue weighted by Gasteiger charge is -2.30. The number of hydrogen-bond acceptors (Lipinski definition) is 5. The number of carboxylic acid groups (broad SMARTS) is 1. The van der Waals surface area contributed by atoms with Gasteiger partial charge >= 0.3 is 6.09 Å². The molecule has 1 saturated heterocycles. The average Bonchev–Trinajstić information content (AvgIpc) is 3.03. The van der Waals surface area contributed by atoms with E-state index in [0.717, 1.165) is 44.4 Å². The molecule has 1 amide bonds. The quantitative estimate of drug-likeness (QED) is 0.411. The molecule has 1 aromatic rings. The minimum absolute atomic E-state index is 0.00247. The molecule has 7 heteroatoms. The van der Waals surface area contributed by atoms with Gasteiger partial charge in [-0.05, 0) is 48.9 Å². The Morgan fingerprint density at radius 3 is 2.50 bits per heavy atom. The lowest BCUT2D eigenvalue weighted by Crippen LogP contribution is -2.41. The zero-order valence-electron chi connectivity index (χ0n) is 15.7. The topological polar surface area (TPSA) is 70.1 Å². The summed E-state index contributed by atoms with van der Waals surface area (Å²) in [7, 11) is 0. The molecule has 0 saturated carbocycles. The van der Waals surface area contributed by atoms with Crippen molar-refractivity contribution in [2.45, 2.75) is 46.1 Å². The first kappa shape index (κ1) is 20.6. The minimum atomic E-state index is -0.869. The van der Waals surface area contributed by atoms with Gasteiger partial charge in [-0.3, -0.25) is 4.79 Å². The maximum atomic E-state index is 11.4. The van der Waals surface area contributed by atoms with Gasteiger partial charge in [0.2, 0.25) is 0 Å². The fourth-order valence-electron chi connectivity index (χ4n) is 2.81.